The molecular weight excluding hydrogens is 416 g/mol. The van der Waals surface area contributed by atoms with Gasteiger partial charge in [0.25, 0.3) is 15.9 Å². The summed E-state index contributed by atoms with van der Waals surface area (Å²) in [5.74, 6) is 0.266. The molecule has 152 valence electrons. The molecule has 1 amide bonds. The first-order valence-electron chi connectivity index (χ1n) is 9.05. The van der Waals surface area contributed by atoms with Crippen LogP contribution in [0.15, 0.2) is 39.4 Å². The monoisotopic (exact) mass is 440 g/mol. The highest BCUT2D eigenvalue weighted by Gasteiger charge is 2.27. The van der Waals surface area contributed by atoms with Crippen LogP contribution >= 0.6 is 23.1 Å². The van der Waals surface area contributed by atoms with Crippen LogP contribution in [0.2, 0.25) is 0 Å². The van der Waals surface area contributed by atoms with Crippen LogP contribution in [-0.4, -0.2) is 45.1 Å². The summed E-state index contributed by atoms with van der Waals surface area (Å²) >= 11 is 2.78. The van der Waals surface area contributed by atoms with Crippen LogP contribution in [0.4, 0.5) is 0 Å². The minimum atomic E-state index is -3.43. The van der Waals surface area contributed by atoms with Crippen LogP contribution in [0, 0.1) is 0 Å². The van der Waals surface area contributed by atoms with Crippen molar-refractivity contribution < 1.29 is 17.9 Å². The van der Waals surface area contributed by atoms with Gasteiger partial charge in [-0.1, -0.05) is 6.42 Å². The number of sulfonamides is 1. The van der Waals surface area contributed by atoms with Crippen molar-refractivity contribution >= 4 is 39.0 Å². The highest BCUT2D eigenvalue weighted by atomic mass is 32.2. The van der Waals surface area contributed by atoms with Crippen LogP contribution in [0.3, 0.4) is 0 Å². The Morgan fingerprint density at radius 2 is 1.96 bits per heavy atom. The number of benzene rings is 1. The van der Waals surface area contributed by atoms with Crippen LogP contribution < -0.4 is 10.1 Å². The Balaban J connectivity index is 1.67. The van der Waals surface area contributed by atoms with E-state index in [2.05, 4.69) is 5.32 Å². The van der Waals surface area contributed by atoms with Gasteiger partial charge >= 0.3 is 0 Å². The van der Waals surface area contributed by atoms with Crippen LogP contribution in [0.25, 0.3) is 0 Å². The second-order valence-corrected chi connectivity index (χ2v) is 10.6. The number of thiophene rings is 1. The van der Waals surface area contributed by atoms with Crippen molar-refractivity contribution in [3.8, 4) is 5.75 Å². The summed E-state index contributed by atoms with van der Waals surface area (Å²) in [6, 6.07) is 8.82. The molecule has 0 bridgehead atoms. The summed E-state index contributed by atoms with van der Waals surface area (Å²) in [5, 5.41) is 2.85. The average molecular weight is 441 g/mol. The molecule has 1 fully saturated rings. The molecule has 1 aromatic carbocycles. The Kier molecular flexibility index (Phi) is 7.03. The molecule has 1 saturated heterocycles. The molecule has 1 aliphatic heterocycles. The molecule has 1 aromatic heterocycles. The minimum Gasteiger partial charge on any atom is -0.496 e. The molecule has 9 heteroatoms. The third-order valence-corrected chi connectivity index (χ3v) is 8.80. The van der Waals surface area contributed by atoms with Crippen molar-refractivity contribution in [3.63, 3.8) is 0 Å². The summed E-state index contributed by atoms with van der Waals surface area (Å²) in [6.45, 7) is 1.43. The lowest BCUT2D eigenvalue weighted by Crippen LogP contribution is -2.35. The first-order chi connectivity index (χ1) is 13.5. The first-order valence-corrected chi connectivity index (χ1v) is 12.5. The summed E-state index contributed by atoms with van der Waals surface area (Å²) in [5.41, 5.74) is 0.456. The van der Waals surface area contributed by atoms with Gasteiger partial charge in [-0.05, 0) is 49.4 Å². The van der Waals surface area contributed by atoms with Crippen LogP contribution in [0.1, 0.15) is 34.5 Å². The zero-order valence-electron chi connectivity index (χ0n) is 15.9. The number of carbonyl (C=O) groups is 1. The Hall–Kier alpha value is -1.55. The Morgan fingerprint density at radius 1 is 1.21 bits per heavy atom. The van der Waals surface area contributed by atoms with Crippen LogP contribution in [0.5, 0.6) is 5.75 Å². The molecule has 2 aromatic rings. The molecule has 0 aliphatic carbocycles. The van der Waals surface area contributed by atoms with Gasteiger partial charge in [-0.3, -0.25) is 4.79 Å². The molecule has 2 heterocycles. The number of amides is 1. The highest BCUT2D eigenvalue weighted by molar-refractivity contribution is 7.98. The molecule has 0 atom stereocenters. The zero-order valence-corrected chi connectivity index (χ0v) is 18.4. The standard InChI is InChI=1S/C19H24N2O4S3/c1-25-17-12-14(26-2)6-8-16(17)19(22)20-13-15-7-9-18(27-15)28(23,24)21-10-4-3-5-11-21/h6-9,12H,3-5,10-11,13H2,1-2H3,(H,20,22). The second kappa shape index (κ2) is 9.30. The van der Waals surface area contributed by atoms with E-state index >= 15 is 0 Å². The number of rotatable bonds is 7. The molecule has 0 saturated carbocycles. The van der Waals surface area contributed by atoms with Crippen molar-refractivity contribution in [2.24, 2.45) is 0 Å². The van der Waals surface area contributed by atoms with Gasteiger partial charge in [0.2, 0.25) is 0 Å². The molecule has 0 spiro atoms. The van der Waals surface area contributed by atoms with Gasteiger partial charge in [0, 0.05) is 22.9 Å². The first kappa shape index (κ1) is 21.2. The van der Waals surface area contributed by atoms with Gasteiger partial charge in [0.15, 0.2) is 0 Å². The Labute approximate surface area is 174 Å². The maximum atomic E-state index is 12.7. The van der Waals surface area contributed by atoms with Crippen molar-refractivity contribution in [1.82, 2.24) is 9.62 Å². The molecular formula is C19H24N2O4S3. The number of thioether (sulfide) groups is 1. The molecule has 28 heavy (non-hydrogen) atoms. The third-order valence-electron chi connectivity index (χ3n) is 4.62. The van der Waals surface area contributed by atoms with E-state index in [1.165, 1.54) is 18.4 Å². The molecule has 3 rings (SSSR count). The van der Waals surface area contributed by atoms with E-state index in [0.29, 0.717) is 28.6 Å². The fourth-order valence-electron chi connectivity index (χ4n) is 3.07. The predicted octanol–water partition coefficient (Wildman–Crippen LogP) is 3.58. The largest absolute Gasteiger partial charge is 0.496 e. The zero-order chi connectivity index (χ0) is 20.1. The summed E-state index contributed by atoms with van der Waals surface area (Å²) in [7, 11) is -1.90. The fourth-order valence-corrected chi connectivity index (χ4v) is 6.47. The molecule has 0 unspecified atom stereocenters. The molecule has 6 nitrogen and oxygen atoms in total. The lowest BCUT2D eigenvalue weighted by molar-refractivity contribution is 0.0948. The topological polar surface area (TPSA) is 75.7 Å². The quantitative estimate of drug-likeness (QED) is 0.666. The number of piperidine rings is 1. The Bertz CT molecular complexity index is 934. The van der Waals surface area contributed by atoms with Gasteiger partial charge in [-0.15, -0.1) is 23.1 Å². The summed E-state index contributed by atoms with van der Waals surface area (Å²) < 4.78 is 32.7. The Morgan fingerprint density at radius 3 is 2.64 bits per heavy atom. The number of hydrogen-bond acceptors (Lipinski definition) is 6. The van der Waals surface area contributed by atoms with Crippen molar-refractivity contribution in [2.45, 2.75) is 34.9 Å². The van der Waals surface area contributed by atoms with E-state index in [1.54, 1.807) is 34.3 Å². The van der Waals surface area contributed by atoms with E-state index in [9.17, 15) is 13.2 Å². The van der Waals surface area contributed by atoms with Gasteiger partial charge < -0.3 is 10.1 Å². The smallest absolute Gasteiger partial charge is 0.255 e. The van der Waals surface area contributed by atoms with E-state index in [0.717, 1.165) is 29.0 Å². The van der Waals surface area contributed by atoms with E-state index in [4.69, 9.17) is 4.74 Å². The number of methoxy groups -OCH3 is 1. The predicted molar refractivity (Wildman–Crippen MR) is 113 cm³/mol. The lowest BCUT2D eigenvalue weighted by Gasteiger charge is -2.25. The van der Waals surface area contributed by atoms with E-state index in [1.807, 2.05) is 18.4 Å². The van der Waals surface area contributed by atoms with Gasteiger partial charge in [0.1, 0.15) is 9.96 Å². The number of hydrogen-bond donors (Lipinski definition) is 1. The number of nitrogens with zero attached hydrogens (tertiary/aromatic N) is 1. The number of carbonyl (C=O) groups excluding carboxylic acids is 1. The van der Waals surface area contributed by atoms with Crippen molar-refractivity contribution in [3.05, 3.63) is 40.8 Å². The van der Waals surface area contributed by atoms with E-state index < -0.39 is 10.0 Å². The molecule has 0 radical (unpaired) electrons. The summed E-state index contributed by atoms with van der Waals surface area (Å²) in [4.78, 5) is 14.3. The normalized spacial score (nSPS) is 15.4. The van der Waals surface area contributed by atoms with E-state index in [-0.39, 0.29) is 12.5 Å². The molecule has 1 N–H and O–H groups in total. The van der Waals surface area contributed by atoms with Crippen molar-refractivity contribution in [2.75, 3.05) is 26.5 Å². The number of nitrogens with one attached hydrogen (secondary N) is 1. The summed E-state index contributed by atoms with van der Waals surface area (Å²) in [6.07, 6.45) is 4.85. The van der Waals surface area contributed by atoms with Gasteiger partial charge in [0.05, 0.1) is 19.2 Å². The number of ether oxygens (including phenoxy) is 1. The lowest BCUT2D eigenvalue weighted by atomic mass is 10.2. The minimum absolute atomic E-state index is 0.252. The highest BCUT2D eigenvalue weighted by Crippen LogP contribution is 2.28. The SMILES string of the molecule is COc1cc(SC)ccc1C(=O)NCc1ccc(S(=O)(=O)N2CCCCC2)s1. The second-order valence-electron chi connectivity index (χ2n) is 6.43. The van der Waals surface area contributed by atoms with Gasteiger partial charge in [-0.2, -0.15) is 4.31 Å². The fraction of sp³-hybridized carbons (Fsp3) is 0.421. The average Bonchev–Trinajstić information content (AvgIpc) is 3.22. The van der Waals surface area contributed by atoms with Crippen LogP contribution in [-0.2, 0) is 16.6 Å². The maximum absolute atomic E-state index is 12.7. The van der Waals surface area contributed by atoms with Crippen molar-refractivity contribution in [1.29, 1.82) is 0 Å². The van der Waals surface area contributed by atoms with Gasteiger partial charge in [-0.25, -0.2) is 8.42 Å². The maximum Gasteiger partial charge on any atom is 0.255 e. The molecule has 1 aliphatic rings. The third kappa shape index (κ3) is 4.71.